The summed E-state index contributed by atoms with van der Waals surface area (Å²) in [4.78, 5) is 0. The Bertz CT molecular complexity index is 446. The number of nitriles is 1. The number of rotatable bonds is 3. The van der Waals surface area contributed by atoms with E-state index in [4.69, 9.17) is 5.26 Å². The molecule has 1 fully saturated rings. The molecule has 1 saturated carbocycles. The van der Waals surface area contributed by atoms with Gasteiger partial charge in [-0.15, -0.1) is 0 Å². The lowest BCUT2D eigenvalue weighted by molar-refractivity contribution is 0.527. The van der Waals surface area contributed by atoms with Crippen molar-refractivity contribution in [2.45, 2.75) is 32.9 Å². The molecule has 1 aromatic rings. The van der Waals surface area contributed by atoms with Gasteiger partial charge in [-0.05, 0) is 17.9 Å². The van der Waals surface area contributed by atoms with Gasteiger partial charge in [-0.1, -0.05) is 26.0 Å². The first-order valence-electron chi connectivity index (χ1n) is 5.45. The highest BCUT2D eigenvalue weighted by molar-refractivity contribution is 5.35. The summed E-state index contributed by atoms with van der Waals surface area (Å²) in [6.45, 7) is 4.87. The van der Waals surface area contributed by atoms with Crippen molar-refractivity contribution in [2.75, 3.05) is 0 Å². The highest BCUT2D eigenvalue weighted by Gasteiger charge is 2.45. The molecule has 1 atom stereocenters. The first-order chi connectivity index (χ1) is 7.54. The second kappa shape index (κ2) is 3.88. The summed E-state index contributed by atoms with van der Waals surface area (Å²) in [7, 11) is 0. The van der Waals surface area contributed by atoms with Crippen molar-refractivity contribution in [3.63, 3.8) is 0 Å². The summed E-state index contributed by atoms with van der Waals surface area (Å²) >= 11 is 0. The first kappa shape index (κ1) is 11.1. The molecule has 1 aliphatic carbocycles. The highest BCUT2D eigenvalue weighted by Crippen LogP contribution is 2.44. The molecule has 1 aromatic carbocycles. The zero-order valence-electron chi connectivity index (χ0n) is 9.55. The van der Waals surface area contributed by atoms with E-state index >= 15 is 0 Å². The number of hydrogen-bond acceptors (Lipinski definition) is 2. The summed E-state index contributed by atoms with van der Waals surface area (Å²) in [5.74, 6) is -0.393. The predicted molar refractivity (Wildman–Crippen MR) is 60.1 cm³/mol. The van der Waals surface area contributed by atoms with Crippen molar-refractivity contribution in [3.8, 4) is 6.07 Å². The Morgan fingerprint density at radius 1 is 1.56 bits per heavy atom. The van der Waals surface area contributed by atoms with E-state index in [2.05, 4.69) is 19.2 Å². The minimum Gasteiger partial charge on any atom is -0.309 e. The van der Waals surface area contributed by atoms with Gasteiger partial charge in [-0.25, -0.2) is 4.39 Å². The lowest BCUT2D eigenvalue weighted by atomic mass is 10.1. The molecule has 1 N–H and O–H groups in total. The Morgan fingerprint density at radius 3 is 2.81 bits per heavy atom. The van der Waals surface area contributed by atoms with Gasteiger partial charge in [0, 0.05) is 18.2 Å². The van der Waals surface area contributed by atoms with E-state index in [0.717, 1.165) is 6.42 Å². The number of halogens is 1. The highest BCUT2D eigenvalue weighted by atomic mass is 19.1. The van der Waals surface area contributed by atoms with Crippen molar-refractivity contribution in [1.29, 1.82) is 5.26 Å². The normalized spacial score (nSPS) is 21.5. The van der Waals surface area contributed by atoms with Crippen LogP contribution >= 0.6 is 0 Å². The van der Waals surface area contributed by atoms with Crippen molar-refractivity contribution < 1.29 is 4.39 Å². The number of benzene rings is 1. The average molecular weight is 218 g/mol. The molecule has 0 radical (unpaired) electrons. The quantitative estimate of drug-likeness (QED) is 0.846. The Balaban J connectivity index is 2.03. The van der Waals surface area contributed by atoms with E-state index in [-0.39, 0.29) is 5.56 Å². The molecule has 2 nitrogen and oxygen atoms in total. The maximum atomic E-state index is 13.7. The van der Waals surface area contributed by atoms with Crippen LogP contribution < -0.4 is 5.32 Å². The van der Waals surface area contributed by atoms with E-state index in [1.165, 1.54) is 6.07 Å². The first-order valence-corrected chi connectivity index (χ1v) is 5.45. The minimum atomic E-state index is -0.393. The molecule has 1 unspecified atom stereocenters. The van der Waals surface area contributed by atoms with Crippen molar-refractivity contribution >= 4 is 0 Å². The third kappa shape index (κ3) is 2.07. The van der Waals surface area contributed by atoms with Crippen molar-refractivity contribution in [2.24, 2.45) is 5.41 Å². The summed E-state index contributed by atoms with van der Waals surface area (Å²) in [5, 5.41) is 12.0. The van der Waals surface area contributed by atoms with E-state index in [1.807, 2.05) is 6.07 Å². The molecule has 0 amide bonds. The van der Waals surface area contributed by atoms with Crippen LogP contribution in [0.25, 0.3) is 0 Å². The van der Waals surface area contributed by atoms with Gasteiger partial charge in [-0.2, -0.15) is 5.26 Å². The second-order valence-electron chi connectivity index (χ2n) is 5.02. The van der Waals surface area contributed by atoms with Gasteiger partial charge in [0.25, 0.3) is 0 Å². The van der Waals surface area contributed by atoms with Crippen LogP contribution in [0.5, 0.6) is 0 Å². The molecule has 0 saturated heterocycles. The van der Waals surface area contributed by atoms with Gasteiger partial charge < -0.3 is 5.32 Å². The minimum absolute atomic E-state index is 0.120. The van der Waals surface area contributed by atoms with Crippen LogP contribution in [0.3, 0.4) is 0 Å². The van der Waals surface area contributed by atoms with Crippen LogP contribution in [0.1, 0.15) is 31.4 Å². The molecule has 2 rings (SSSR count). The molecule has 16 heavy (non-hydrogen) atoms. The van der Waals surface area contributed by atoms with Crippen molar-refractivity contribution in [3.05, 3.63) is 35.1 Å². The summed E-state index contributed by atoms with van der Waals surface area (Å²) in [6.07, 6.45) is 1.13. The topological polar surface area (TPSA) is 35.8 Å². The number of nitrogens with one attached hydrogen (secondary N) is 1. The maximum absolute atomic E-state index is 13.7. The fraction of sp³-hybridized carbons (Fsp3) is 0.462. The molecule has 84 valence electrons. The standard InChI is InChI=1S/C13H15FN2/c1-13(2)6-11(13)16-8-10-5-3-4-9(7-15)12(10)14/h3-5,11,16H,6,8H2,1-2H3. The molecule has 0 aromatic heterocycles. The molecular formula is C13H15FN2. The van der Waals surface area contributed by atoms with E-state index in [0.29, 0.717) is 23.6 Å². The summed E-state index contributed by atoms with van der Waals surface area (Å²) in [6, 6.07) is 7.26. The summed E-state index contributed by atoms with van der Waals surface area (Å²) in [5.41, 5.74) is 1.03. The molecule has 0 aliphatic heterocycles. The lowest BCUT2D eigenvalue weighted by Gasteiger charge is -2.08. The Labute approximate surface area is 95.1 Å². The number of nitrogens with zero attached hydrogens (tertiary/aromatic N) is 1. The maximum Gasteiger partial charge on any atom is 0.145 e. The monoisotopic (exact) mass is 218 g/mol. The molecule has 0 bridgehead atoms. The SMILES string of the molecule is CC1(C)CC1NCc1cccc(C#N)c1F. The van der Waals surface area contributed by atoms with Crippen LogP contribution in [-0.4, -0.2) is 6.04 Å². The predicted octanol–water partition coefficient (Wildman–Crippen LogP) is 2.59. The van der Waals surface area contributed by atoms with Crippen LogP contribution in [0.2, 0.25) is 0 Å². The van der Waals surface area contributed by atoms with Gasteiger partial charge in [0.15, 0.2) is 0 Å². The molecule has 0 heterocycles. The van der Waals surface area contributed by atoms with Gasteiger partial charge >= 0.3 is 0 Å². The largest absolute Gasteiger partial charge is 0.309 e. The van der Waals surface area contributed by atoms with E-state index < -0.39 is 5.82 Å². The third-order valence-electron chi connectivity index (χ3n) is 3.25. The van der Waals surface area contributed by atoms with Crippen LogP contribution in [-0.2, 0) is 6.54 Å². The zero-order valence-corrected chi connectivity index (χ0v) is 9.55. The van der Waals surface area contributed by atoms with E-state index in [9.17, 15) is 4.39 Å². The Morgan fingerprint density at radius 2 is 2.25 bits per heavy atom. The zero-order chi connectivity index (χ0) is 11.8. The molecular weight excluding hydrogens is 203 g/mol. The van der Waals surface area contributed by atoms with Crippen LogP contribution in [0.15, 0.2) is 18.2 Å². The van der Waals surface area contributed by atoms with Crippen LogP contribution in [0, 0.1) is 22.6 Å². The third-order valence-corrected chi connectivity index (χ3v) is 3.25. The van der Waals surface area contributed by atoms with Crippen LogP contribution in [0.4, 0.5) is 4.39 Å². The van der Waals surface area contributed by atoms with Gasteiger partial charge in [0.05, 0.1) is 5.56 Å². The fourth-order valence-electron chi connectivity index (χ4n) is 1.85. The number of hydrogen-bond donors (Lipinski definition) is 1. The molecule has 1 aliphatic rings. The second-order valence-corrected chi connectivity index (χ2v) is 5.02. The van der Waals surface area contributed by atoms with Gasteiger partial charge in [0.1, 0.15) is 11.9 Å². The summed E-state index contributed by atoms with van der Waals surface area (Å²) < 4.78 is 13.7. The Kier molecular flexibility index (Phi) is 2.69. The van der Waals surface area contributed by atoms with E-state index in [1.54, 1.807) is 12.1 Å². The average Bonchev–Trinajstić information content (AvgIpc) is 2.85. The van der Waals surface area contributed by atoms with Gasteiger partial charge in [0.2, 0.25) is 0 Å². The Hall–Kier alpha value is -1.40. The van der Waals surface area contributed by atoms with Crippen molar-refractivity contribution in [1.82, 2.24) is 5.32 Å². The molecule has 0 spiro atoms. The molecule has 3 heteroatoms. The van der Waals surface area contributed by atoms with Gasteiger partial charge in [-0.3, -0.25) is 0 Å². The fourth-order valence-corrected chi connectivity index (χ4v) is 1.85. The lowest BCUT2D eigenvalue weighted by Crippen LogP contribution is -2.20. The smallest absolute Gasteiger partial charge is 0.145 e.